The molecule has 0 unspecified atom stereocenters. The molecule has 0 atom stereocenters. The molecule has 1 heteroatoms. The quantitative estimate of drug-likeness (QED) is 0.399. The summed E-state index contributed by atoms with van der Waals surface area (Å²) in [6, 6.07) is 0. The standard InChI is InChI=1S/C4H7.Ru/c1-3-4-2;/h3-4H,1H2,2H3;. The SMILES string of the molecule is CC=C[CH2][Ru]. The second kappa shape index (κ2) is 4.36. The van der Waals surface area contributed by atoms with Gasteiger partial charge < -0.3 is 0 Å². The van der Waals surface area contributed by atoms with Crippen LogP contribution in [-0.2, 0) is 18.3 Å². The predicted molar refractivity (Wildman–Crippen MR) is 19.6 cm³/mol. The second-order valence-corrected chi connectivity index (χ2v) is 1.42. The molecule has 0 saturated carbocycles. The first kappa shape index (κ1) is 5.36. The Morgan fingerprint density at radius 2 is 2.40 bits per heavy atom. The summed E-state index contributed by atoms with van der Waals surface area (Å²) >= 11 is 2.53. The van der Waals surface area contributed by atoms with E-state index in [-0.39, 0.29) is 0 Å². The van der Waals surface area contributed by atoms with Crippen LogP contribution in [0.15, 0.2) is 12.2 Å². The molecule has 0 fully saturated rings. The third kappa shape index (κ3) is 4.36. The van der Waals surface area contributed by atoms with E-state index in [4.69, 9.17) is 0 Å². The van der Waals surface area contributed by atoms with E-state index in [1.165, 1.54) is 0 Å². The van der Waals surface area contributed by atoms with Crippen molar-refractivity contribution in [3.05, 3.63) is 12.2 Å². The third-order valence-corrected chi connectivity index (χ3v) is 0.729. The minimum absolute atomic E-state index is 1.09. The number of hydrogen-bond acceptors (Lipinski definition) is 0. The monoisotopic (exact) mass is 157 g/mol. The van der Waals surface area contributed by atoms with Gasteiger partial charge in [0, 0.05) is 0 Å². The van der Waals surface area contributed by atoms with Crippen LogP contribution in [0.4, 0.5) is 0 Å². The number of rotatable bonds is 1. The van der Waals surface area contributed by atoms with Gasteiger partial charge in [0.1, 0.15) is 0 Å². The summed E-state index contributed by atoms with van der Waals surface area (Å²) in [5.74, 6) is 0. The molecule has 0 saturated heterocycles. The molecule has 0 aliphatic carbocycles. The van der Waals surface area contributed by atoms with Crippen molar-refractivity contribution in [3.63, 3.8) is 0 Å². The topological polar surface area (TPSA) is 0 Å². The molecule has 0 aliphatic heterocycles. The van der Waals surface area contributed by atoms with E-state index >= 15 is 0 Å². The Morgan fingerprint density at radius 1 is 1.80 bits per heavy atom. The first-order valence-electron chi connectivity index (χ1n) is 1.57. The van der Waals surface area contributed by atoms with E-state index in [0.717, 1.165) is 5.02 Å². The first-order valence-corrected chi connectivity index (χ1v) is 2.80. The first-order chi connectivity index (χ1) is 2.41. The van der Waals surface area contributed by atoms with Crippen LogP contribution in [0.1, 0.15) is 6.92 Å². The van der Waals surface area contributed by atoms with Crippen LogP contribution in [0, 0.1) is 0 Å². The minimum atomic E-state index is 1.09. The fraction of sp³-hybridized carbons (Fsp3) is 0.500. The van der Waals surface area contributed by atoms with Crippen molar-refractivity contribution in [2.45, 2.75) is 11.9 Å². The molecule has 0 bridgehead atoms. The summed E-state index contributed by atoms with van der Waals surface area (Å²) in [6.45, 7) is 2.02. The van der Waals surface area contributed by atoms with E-state index < -0.39 is 0 Å². The zero-order valence-corrected chi connectivity index (χ0v) is 4.95. The van der Waals surface area contributed by atoms with Crippen LogP contribution in [0.3, 0.4) is 0 Å². The summed E-state index contributed by atoms with van der Waals surface area (Å²) in [4.78, 5) is 0. The zero-order valence-electron chi connectivity index (χ0n) is 3.22. The predicted octanol–water partition coefficient (Wildman–Crippen LogP) is 1.53. The molecule has 0 aromatic heterocycles. The van der Waals surface area contributed by atoms with Crippen LogP contribution in [0.5, 0.6) is 0 Å². The Labute approximate surface area is 42.9 Å². The van der Waals surface area contributed by atoms with Gasteiger partial charge in [-0.25, -0.2) is 0 Å². The summed E-state index contributed by atoms with van der Waals surface area (Å²) in [7, 11) is 0. The van der Waals surface area contributed by atoms with E-state index in [2.05, 4.69) is 24.4 Å². The average Bonchev–Trinajstić information content (AvgIpc) is 1.41. The molecule has 0 spiro atoms. The van der Waals surface area contributed by atoms with Crippen LogP contribution in [0.2, 0.25) is 5.02 Å². The molecule has 31 valence electrons. The Morgan fingerprint density at radius 3 is 2.40 bits per heavy atom. The molecular weight excluding hydrogens is 149 g/mol. The summed E-state index contributed by atoms with van der Waals surface area (Å²) in [5.41, 5.74) is 0. The van der Waals surface area contributed by atoms with Crippen molar-refractivity contribution >= 4 is 0 Å². The second-order valence-electron chi connectivity index (χ2n) is 0.713. The molecule has 0 aliphatic rings. The van der Waals surface area contributed by atoms with Crippen molar-refractivity contribution in [1.82, 2.24) is 0 Å². The molecule has 0 rings (SSSR count). The number of hydrogen-bond donors (Lipinski definition) is 0. The van der Waals surface area contributed by atoms with Crippen LogP contribution < -0.4 is 0 Å². The zero-order chi connectivity index (χ0) is 4.12. The molecule has 0 aromatic carbocycles. The third-order valence-electron chi connectivity index (χ3n) is 0.319. The fourth-order valence-corrected chi connectivity index (χ4v) is 0.493. The van der Waals surface area contributed by atoms with Gasteiger partial charge in [0.15, 0.2) is 0 Å². The van der Waals surface area contributed by atoms with Crippen molar-refractivity contribution in [2.75, 3.05) is 0 Å². The Kier molecular flexibility index (Phi) is 4.68. The van der Waals surface area contributed by atoms with Gasteiger partial charge in [0.05, 0.1) is 0 Å². The molecule has 0 heterocycles. The van der Waals surface area contributed by atoms with Crippen molar-refractivity contribution in [3.8, 4) is 0 Å². The maximum absolute atomic E-state index is 2.53. The molecule has 5 heavy (non-hydrogen) atoms. The number of allylic oxidation sites excluding steroid dienone is 2. The van der Waals surface area contributed by atoms with Gasteiger partial charge in [-0.2, -0.15) is 0 Å². The average molecular weight is 156 g/mol. The Balaban J connectivity index is 2.62. The van der Waals surface area contributed by atoms with Gasteiger partial charge >= 0.3 is 42.4 Å². The van der Waals surface area contributed by atoms with Crippen molar-refractivity contribution in [2.24, 2.45) is 0 Å². The normalized spacial score (nSPS) is 10.0. The maximum atomic E-state index is 2.53. The molecular formula is C4H7Ru. The van der Waals surface area contributed by atoms with Gasteiger partial charge in [0.2, 0.25) is 0 Å². The van der Waals surface area contributed by atoms with Crippen LogP contribution in [-0.4, -0.2) is 0 Å². The molecule has 0 aromatic rings. The van der Waals surface area contributed by atoms with Gasteiger partial charge in [-0.15, -0.1) is 0 Å². The molecule has 0 N–H and O–H groups in total. The van der Waals surface area contributed by atoms with Crippen LogP contribution in [0.25, 0.3) is 0 Å². The summed E-state index contributed by atoms with van der Waals surface area (Å²) in [6.07, 6.45) is 4.13. The van der Waals surface area contributed by atoms with Gasteiger partial charge in [0.25, 0.3) is 0 Å². The van der Waals surface area contributed by atoms with Gasteiger partial charge in [-0.3, -0.25) is 0 Å². The van der Waals surface area contributed by atoms with E-state index in [1.54, 1.807) is 0 Å². The van der Waals surface area contributed by atoms with E-state index in [1.807, 2.05) is 13.0 Å². The van der Waals surface area contributed by atoms with Crippen molar-refractivity contribution in [1.29, 1.82) is 0 Å². The van der Waals surface area contributed by atoms with E-state index in [9.17, 15) is 0 Å². The van der Waals surface area contributed by atoms with Crippen molar-refractivity contribution < 1.29 is 18.3 Å². The van der Waals surface area contributed by atoms with E-state index in [0.29, 0.717) is 0 Å². The van der Waals surface area contributed by atoms with Gasteiger partial charge in [-0.1, -0.05) is 0 Å². The Bertz CT molecular complexity index is 30.6. The molecule has 0 radical (unpaired) electrons. The fourth-order valence-electron chi connectivity index (χ4n) is 0.0833. The van der Waals surface area contributed by atoms with Crippen LogP contribution >= 0.6 is 0 Å². The summed E-state index contributed by atoms with van der Waals surface area (Å²) in [5, 5.41) is 1.09. The molecule has 0 nitrogen and oxygen atoms in total. The van der Waals surface area contributed by atoms with Gasteiger partial charge in [-0.05, 0) is 0 Å². The summed E-state index contributed by atoms with van der Waals surface area (Å²) < 4.78 is 0. The Hall–Kier alpha value is 0.363. The molecule has 0 amide bonds.